The summed E-state index contributed by atoms with van der Waals surface area (Å²) < 4.78 is 2.25. The highest BCUT2D eigenvalue weighted by Crippen LogP contribution is 2.25. The molecule has 9 heteroatoms. The largest absolute Gasteiger partial charge is 0.392 e. The van der Waals surface area contributed by atoms with E-state index < -0.39 is 11.4 Å². The van der Waals surface area contributed by atoms with Crippen LogP contribution in [0.15, 0.2) is 56.9 Å². The van der Waals surface area contributed by atoms with Crippen molar-refractivity contribution < 1.29 is 9.90 Å². The number of nitrogens with one attached hydrogen (secondary N) is 1. The number of benzene rings is 2. The summed E-state index contributed by atoms with van der Waals surface area (Å²) >= 11 is 10.6. The molecule has 152 valence electrons. The van der Waals surface area contributed by atoms with Gasteiger partial charge in [0, 0.05) is 15.2 Å². The van der Waals surface area contributed by atoms with Crippen molar-refractivity contribution in [1.29, 1.82) is 0 Å². The van der Waals surface area contributed by atoms with Crippen LogP contribution in [-0.2, 0) is 11.3 Å². The summed E-state index contributed by atoms with van der Waals surface area (Å²) in [5, 5.41) is 13.4. The van der Waals surface area contributed by atoms with Gasteiger partial charge in [0.2, 0.25) is 5.91 Å². The molecule has 0 aliphatic rings. The van der Waals surface area contributed by atoms with Crippen LogP contribution in [-0.4, -0.2) is 31.9 Å². The maximum Gasteiger partial charge on any atom is 0.262 e. The van der Waals surface area contributed by atoms with E-state index in [1.807, 2.05) is 12.1 Å². The van der Waals surface area contributed by atoms with Crippen LogP contribution in [0.4, 0.5) is 5.69 Å². The number of aliphatic hydroxyl groups is 1. The molecule has 0 radical (unpaired) electrons. The van der Waals surface area contributed by atoms with E-state index in [2.05, 4.69) is 26.2 Å². The average molecular weight is 497 g/mol. The number of thioether (sulfide) groups is 1. The zero-order valence-corrected chi connectivity index (χ0v) is 18.9. The molecule has 2 atom stereocenters. The number of anilines is 1. The Balaban J connectivity index is 1.92. The maximum absolute atomic E-state index is 12.9. The lowest BCUT2D eigenvalue weighted by Gasteiger charge is -2.17. The molecule has 6 nitrogen and oxygen atoms in total. The number of hydrogen-bond donors (Lipinski definition) is 2. The van der Waals surface area contributed by atoms with E-state index in [9.17, 15) is 14.7 Å². The molecule has 0 saturated heterocycles. The van der Waals surface area contributed by atoms with Crippen LogP contribution in [0.5, 0.6) is 0 Å². The fraction of sp³-hybridized carbons (Fsp3) is 0.250. The van der Waals surface area contributed by atoms with E-state index in [4.69, 9.17) is 11.6 Å². The van der Waals surface area contributed by atoms with Crippen LogP contribution >= 0.6 is 39.3 Å². The van der Waals surface area contributed by atoms with Gasteiger partial charge in [-0.3, -0.25) is 14.2 Å². The lowest BCUT2D eigenvalue weighted by molar-refractivity contribution is -0.115. The molecule has 1 heterocycles. The number of aromatic nitrogens is 2. The van der Waals surface area contributed by atoms with Gasteiger partial charge in [-0.05, 0) is 50.2 Å². The van der Waals surface area contributed by atoms with Gasteiger partial charge in [-0.25, -0.2) is 4.98 Å². The van der Waals surface area contributed by atoms with Crippen molar-refractivity contribution in [2.24, 2.45) is 0 Å². The number of carbonyl (C=O) groups excluding carboxylic acids is 1. The fourth-order valence-electron chi connectivity index (χ4n) is 2.71. The second-order valence-corrected chi connectivity index (χ2v) is 9.24. The van der Waals surface area contributed by atoms with Crippen molar-refractivity contribution in [2.75, 3.05) is 5.32 Å². The molecule has 0 fully saturated rings. The molecule has 0 saturated carbocycles. The maximum atomic E-state index is 12.9. The Bertz CT molecular complexity index is 1120. The van der Waals surface area contributed by atoms with Crippen molar-refractivity contribution in [2.45, 2.75) is 36.9 Å². The minimum Gasteiger partial charge on any atom is -0.392 e. The Hall–Kier alpha value is -1.87. The predicted octanol–water partition coefficient (Wildman–Crippen LogP) is 4.31. The summed E-state index contributed by atoms with van der Waals surface area (Å²) in [7, 11) is 0. The molecule has 3 aromatic rings. The Morgan fingerprint density at radius 3 is 2.76 bits per heavy atom. The smallest absolute Gasteiger partial charge is 0.262 e. The summed E-state index contributed by atoms with van der Waals surface area (Å²) in [6.07, 6.45) is -0.746. The zero-order chi connectivity index (χ0) is 21.1. The number of fused-ring (bicyclic) bond motifs is 1. The van der Waals surface area contributed by atoms with Crippen LogP contribution in [0.3, 0.4) is 0 Å². The van der Waals surface area contributed by atoms with Gasteiger partial charge in [0.15, 0.2) is 5.16 Å². The highest BCUT2D eigenvalue weighted by atomic mass is 79.9. The number of hydrogen-bond acceptors (Lipinski definition) is 5. The molecule has 0 aliphatic carbocycles. The van der Waals surface area contributed by atoms with Crippen LogP contribution in [0, 0.1) is 0 Å². The Labute approximate surface area is 185 Å². The highest BCUT2D eigenvalue weighted by molar-refractivity contribution is 9.10. The SMILES string of the molecule is C[C@@H](O)Cn1c(S[C@H](C)C(=O)Nc2cccc(Br)c2)nc2cc(Cl)ccc2c1=O. The predicted molar refractivity (Wildman–Crippen MR) is 121 cm³/mol. The topological polar surface area (TPSA) is 84.2 Å². The fourth-order valence-corrected chi connectivity index (χ4v) is 4.19. The third-order valence-corrected chi connectivity index (χ3v) is 5.89. The molecule has 1 aromatic heterocycles. The van der Waals surface area contributed by atoms with Gasteiger partial charge in [-0.15, -0.1) is 0 Å². The summed E-state index contributed by atoms with van der Waals surface area (Å²) in [6, 6.07) is 12.1. The quantitative estimate of drug-likeness (QED) is 0.392. The first-order valence-electron chi connectivity index (χ1n) is 8.86. The third kappa shape index (κ3) is 5.39. The molecular formula is C20H19BrClN3O3S. The van der Waals surface area contributed by atoms with Gasteiger partial charge in [-0.2, -0.15) is 0 Å². The van der Waals surface area contributed by atoms with Crippen molar-refractivity contribution in [3.05, 3.63) is 62.3 Å². The highest BCUT2D eigenvalue weighted by Gasteiger charge is 2.20. The summed E-state index contributed by atoms with van der Waals surface area (Å²) in [5.74, 6) is -0.225. The molecule has 0 spiro atoms. The van der Waals surface area contributed by atoms with Crippen LogP contribution in [0.1, 0.15) is 13.8 Å². The van der Waals surface area contributed by atoms with E-state index in [1.165, 1.54) is 4.57 Å². The lowest BCUT2D eigenvalue weighted by atomic mass is 10.2. The van der Waals surface area contributed by atoms with Gasteiger partial charge in [0.1, 0.15) is 0 Å². The first kappa shape index (κ1) is 21.8. The molecule has 0 unspecified atom stereocenters. The van der Waals surface area contributed by atoms with Gasteiger partial charge >= 0.3 is 0 Å². The van der Waals surface area contributed by atoms with Gasteiger partial charge in [0.25, 0.3) is 5.56 Å². The number of carbonyl (C=O) groups is 1. The molecule has 2 aromatic carbocycles. The Morgan fingerprint density at radius 1 is 1.31 bits per heavy atom. The standard InChI is InChI=1S/C20H19BrClN3O3S/c1-11(26)10-25-19(28)16-7-6-14(22)9-17(16)24-20(25)29-12(2)18(27)23-15-5-3-4-13(21)8-15/h3-9,11-12,26H,10H2,1-2H3,(H,23,27)/t11-,12-/m1/s1. The third-order valence-electron chi connectivity index (χ3n) is 4.07. The lowest BCUT2D eigenvalue weighted by Crippen LogP contribution is -2.29. The van der Waals surface area contributed by atoms with Gasteiger partial charge < -0.3 is 10.4 Å². The molecule has 0 aliphatic heterocycles. The second-order valence-electron chi connectivity index (χ2n) is 6.58. The van der Waals surface area contributed by atoms with Crippen molar-refractivity contribution in [3.63, 3.8) is 0 Å². The van der Waals surface area contributed by atoms with Crippen molar-refractivity contribution in [1.82, 2.24) is 9.55 Å². The van der Waals surface area contributed by atoms with Crippen LogP contribution in [0.2, 0.25) is 5.02 Å². The minimum atomic E-state index is -0.746. The average Bonchev–Trinajstić information content (AvgIpc) is 2.64. The Morgan fingerprint density at radius 2 is 2.07 bits per heavy atom. The molecule has 0 bridgehead atoms. The number of rotatable bonds is 6. The van der Waals surface area contributed by atoms with Crippen molar-refractivity contribution in [3.8, 4) is 0 Å². The molecular weight excluding hydrogens is 478 g/mol. The minimum absolute atomic E-state index is 0.0761. The first-order valence-corrected chi connectivity index (χ1v) is 10.9. The van der Waals surface area contributed by atoms with Crippen molar-refractivity contribution >= 4 is 61.8 Å². The van der Waals surface area contributed by atoms with Crippen LogP contribution < -0.4 is 10.9 Å². The number of amides is 1. The Kier molecular flexibility index (Phi) is 7.00. The van der Waals surface area contributed by atoms with Gasteiger partial charge in [0.05, 0.1) is 28.8 Å². The summed E-state index contributed by atoms with van der Waals surface area (Å²) in [6.45, 7) is 3.40. The monoisotopic (exact) mass is 495 g/mol. The first-order chi connectivity index (χ1) is 13.7. The van der Waals surface area contributed by atoms with E-state index in [1.54, 1.807) is 44.2 Å². The van der Waals surface area contributed by atoms with Gasteiger partial charge in [-0.1, -0.05) is 45.4 Å². The number of aliphatic hydroxyl groups excluding tert-OH is 1. The summed E-state index contributed by atoms with van der Waals surface area (Å²) in [5.41, 5.74) is 0.831. The van der Waals surface area contributed by atoms with E-state index in [0.717, 1.165) is 16.2 Å². The van der Waals surface area contributed by atoms with E-state index >= 15 is 0 Å². The van der Waals surface area contributed by atoms with E-state index in [-0.39, 0.29) is 18.0 Å². The summed E-state index contributed by atoms with van der Waals surface area (Å²) in [4.78, 5) is 30.1. The molecule has 29 heavy (non-hydrogen) atoms. The number of halogens is 2. The molecule has 2 N–H and O–H groups in total. The zero-order valence-electron chi connectivity index (χ0n) is 15.7. The number of nitrogens with zero attached hydrogens (tertiary/aromatic N) is 2. The normalized spacial score (nSPS) is 13.3. The molecule has 3 rings (SSSR count). The van der Waals surface area contributed by atoms with Crippen LogP contribution in [0.25, 0.3) is 10.9 Å². The molecule has 1 amide bonds. The van der Waals surface area contributed by atoms with E-state index in [0.29, 0.717) is 26.8 Å². The second kappa shape index (κ2) is 9.30.